The highest BCUT2D eigenvalue weighted by Gasteiger charge is 2.51. The van der Waals surface area contributed by atoms with Crippen molar-refractivity contribution in [3.05, 3.63) is 23.8 Å². The highest BCUT2D eigenvalue weighted by Crippen LogP contribution is 2.61. The van der Waals surface area contributed by atoms with Gasteiger partial charge in [-0.2, -0.15) is 0 Å². The van der Waals surface area contributed by atoms with Crippen LogP contribution in [0.3, 0.4) is 0 Å². The summed E-state index contributed by atoms with van der Waals surface area (Å²) in [5.74, 6) is 3.36. The van der Waals surface area contributed by atoms with Gasteiger partial charge in [0.15, 0.2) is 5.78 Å². The summed E-state index contributed by atoms with van der Waals surface area (Å²) in [7, 11) is 0. The number of carbonyl (C=O) groups excluding carboxylic acids is 2. The zero-order valence-electron chi connectivity index (χ0n) is 16.3. The molecule has 4 bridgehead atoms. The van der Waals surface area contributed by atoms with Crippen LogP contribution in [0, 0.1) is 23.2 Å². The average Bonchev–Trinajstić information content (AvgIpc) is 2.52. The molecule has 0 unspecified atom stereocenters. The Morgan fingerprint density at radius 3 is 2.37 bits per heavy atom. The molecule has 1 N–H and O–H groups in total. The summed E-state index contributed by atoms with van der Waals surface area (Å²) in [6.07, 6.45) is 8.88. The van der Waals surface area contributed by atoms with Crippen molar-refractivity contribution in [1.82, 2.24) is 0 Å². The molecule has 4 heteroatoms. The minimum atomic E-state index is -0.465. The number of rotatable bonds is 3. The second-order valence-corrected chi connectivity index (χ2v) is 10.3. The summed E-state index contributed by atoms with van der Waals surface area (Å²) in [6, 6.07) is 5.45. The summed E-state index contributed by atoms with van der Waals surface area (Å²) >= 11 is 0. The molecule has 0 saturated heterocycles. The maximum Gasteiger partial charge on any atom is 0.224 e. The van der Waals surface area contributed by atoms with Crippen LogP contribution in [0.5, 0.6) is 5.75 Å². The van der Waals surface area contributed by atoms with E-state index in [4.69, 9.17) is 4.74 Å². The molecular formula is C23H29NO3. The summed E-state index contributed by atoms with van der Waals surface area (Å²) in [4.78, 5) is 25.3. The number of fused-ring (bicyclic) bond motifs is 1. The van der Waals surface area contributed by atoms with E-state index in [1.54, 1.807) is 6.07 Å². The number of hydrogen-bond donors (Lipinski definition) is 1. The number of Topliss-reactive ketones (excluding diaryl/α,β-unsaturated/α-hetero) is 1. The van der Waals surface area contributed by atoms with Crippen LogP contribution < -0.4 is 10.1 Å². The zero-order chi connectivity index (χ0) is 18.8. The molecule has 1 aromatic rings. The first kappa shape index (κ1) is 17.3. The van der Waals surface area contributed by atoms with Crippen LogP contribution in [-0.2, 0) is 4.79 Å². The summed E-state index contributed by atoms with van der Waals surface area (Å²) in [6.45, 7) is 3.85. The van der Waals surface area contributed by atoms with Gasteiger partial charge in [-0.15, -0.1) is 0 Å². The first-order chi connectivity index (χ1) is 12.8. The SMILES string of the molecule is CC1(C)CC(=O)c2cc(NC(=O)CC34CC5CC(CC(C5)C3)C4)ccc2O1. The van der Waals surface area contributed by atoms with E-state index in [2.05, 4.69) is 5.32 Å². The minimum Gasteiger partial charge on any atom is -0.487 e. The molecule has 4 aliphatic carbocycles. The van der Waals surface area contributed by atoms with E-state index in [-0.39, 0.29) is 17.1 Å². The molecule has 4 saturated carbocycles. The number of amides is 1. The third-order valence-electron chi connectivity index (χ3n) is 7.24. The molecule has 0 spiro atoms. The summed E-state index contributed by atoms with van der Waals surface area (Å²) < 4.78 is 5.91. The molecule has 1 heterocycles. The van der Waals surface area contributed by atoms with Crippen LogP contribution in [0.15, 0.2) is 18.2 Å². The fraction of sp³-hybridized carbons (Fsp3) is 0.652. The lowest BCUT2D eigenvalue weighted by atomic mass is 9.49. The van der Waals surface area contributed by atoms with Crippen LogP contribution in [0.4, 0.5) is 5.69 Å². The maximum atomic E-state index is 12.8. The predicted octanol–water partition coefficient (Wildman–Crippen LogP) is 4.98. The lowest BCUT2D eigenvalue weighted by Crippen LogP contribution is -2.47. The fourth-order valence-electron chi connectivity index (χ4n) is 6.78. The fourth-order valence-corrected chi connectivity index (χ4v) is 6.78. The Hall–Kier alpha value is -1.84. The van der Waals surface area contributed by atoms with E-state index in [0.29, 0.717) is 29.8 Å². The van der Waals surface area contributed by atoms with E-state index >= 15 is 0 Å². The minimum absolute atomic E-state index is 0.0819. The van der Waals surface area contributed by atoms with Gasteiger partial charge in [0, 0.05) is 12.1 Å². The molecule has 1 aliphatic heterocycles. The number of benzene rings is 1. The zero-order valence-corrected chi connectivity index (χ0v) is 16.3. The Kier molecular flexibility index (Phi) is 3.73. The van der Waals surface area contributed by atoms with Crippen molar-refractivity contribution in [2.75, 3.05) is 5.32 Å². The lowest BCUT2D eigenvalue weighted by molar-refractivity contribution is -0.124. The van der Waals surface area contributed by atoms with Crippen molar-refractivity contribution in [2.45, 2.75) is 70.8 Å². The van der Waals surface area contributed by atoms with E-state index in [0.717, 1.165) is 17.8 Å². The number of anilines is 1. The number of nitrogens with one attached hydrogen (secondary N) is 1. The van der Waals surface area contributed by atoms with Gasteiger partial charge in [-0.05, 0) is 93.7 Å². The highest BCUT2D eigenvalue weighted by atomic mass is 16.5. The number of hydrogen-bond acceptors (Lipinski definition) is 3. The van der Waals surface area contributed by atoms with Gasteiger partial charge in [0.25, 0.3) is 0 Å². The second-order valence-electron chi connectivity index (χ2n) is 10.3. The molecular weight excluding hydrogens is 338 g/mol. The van der Waals surface area contributed by atoms with Gasteiger partial charge in [-0.25, -0.2) is 0 Å². The third-order valence-corrected chi connectivity index (χ3v) is 7.24. The van der Waals surface area contributed by atoms with Crippen molar-refractivity contribution in [3.63, 3.8) is 0 Å². The monoisotopic (exact) mass is 367 g/mol. The van der Waals surface area contributed by atoms with Crippen molar-refractivity contribution < 1.29 is 14.3 Å². The largest absolute Gasteiger partial charge is 0.487 e. The van der Waals surface area contributed by atoms with Gasteiger partial charge in [-0.3, -0.25) is 9.59 Å². The Morgan fingerprint density at radius 1 is 1.11 bits per heavy atom. The van der Waals surface area contributed by atoms with Crippen LogP contribution in [0.2, 0.25) is 0 Å². The van der Waals surface area contributed by atoms with Crippen LogP contribution in [-0.4, -0.2) is 17.3 Å². The van der Waals surface area contributed by atoms with Gasteiger partial charge >= 0.3 is 0 Å². The molecule has 1 amide bonds. The van der Waals surface area contributed by atoms with Gasteiger partial charge in [0.1, 0.15) is 11.4 Å². The molecule has 1 aromatic carbocycles. The van der Waals surface area contributed by atoms with Crippen molar-refractivity contribution in [1.29, 1.82) is 0 Å². The third kappa shape index (κ3) is 3.17. The molecule has 0 radical (unpaired) electrons. The smallest absolute Gasteiger partial charge is 0.224 e. The lowest BCUT2D eigenvalue weighted by Gasteiger charge is -2.56. The van der Waals surface area contributed by atoms with Crippen LogP contribution in [0.1, 0.15) is 75.6 Å². The first-order valence-corrected chi connectivity index (χ1v) is 10.5. The molecule has 6 rings (SSSR count). The second kappa shape index (κ2) is 5.83. The van der Waals surface area contributed by atoms with E-state index in [1.807, 2.05) is 26.0 Å². The quantitative estimate of drug-likeness (QED) is 0.820. The van der Waals surface area contributed by atoms with E-state index < -0.39 is 5.60 Å². The molecule has 0 atom stereocenters. The van der Waals surface area contributed by atoms with Crippen molar-refractivity contribution in [3.8, 4) is 5.75 Å². The Bertz CT molecular complexity index is 775. The predicted molar refractivity (Wildman–Crippen MR) is 104 cm³/mol. The van der Waals surface area contributed by atoms with Gasteiger partial charge < -0.3 is 10.1 Å². The molecule has 0 aromatic heterocycles. The van der Waals surface area contributed by atoms with E-state index in [9.17, 15) is 9.59 Å². The normalized spacial score (nSPS) is 35.5. The Balaban J connectivity index is 1.29. The molecule has 4 nitrogen and oxygen atoms in total. The van der Waals surface area contributed by atoms with E-state index in [1.165, 1.54) is 38.5 Å². The molecule has 27 heavy (non-hydrogen) atoms. The Morgan fingerprint density at radius 2 is 1.74 bits per heavy atom. The number of ether oxygens (including phenoxy) is 1. The van der Waals surface area contributed by atoms with Crippen molar-refractivity contribution >= 4 is 17.4 Å². The van der Waals surface area contributed by atoms with Gasteiger partial charge in [0.05, 0.1) is 12.0 Å². The number of ketones is 1. The molecule has 4 fully saturated rings. The Labute approximate surface area is 161 Å². The maximum absolute atomic E-state index is 12.8. The summed E-state index contributed by atoms with van der Waals surface area (Å²) in [5.41, 5.74) is 1.06. The standard InChI is InChI=1S/C23H29NO3/c1-22(2)12-19(25)18-8-17(3-4-20(18)27-22)24-21(26)13-23-9-14-5-15(10-23)7-16(6-14)11-23/h3-4,8,14-16H,5-7,9-13H2,1-2H3,(H,24,26). The van der Waals surface area contributed by atoms with Crippen LogP contribution >= 0.6 is 0 Å². The first-order valence-electron chi connectivity index (χ1n) is 10.5. The summed E-state index contributed by atoms with van der Waals surface area (Å²) in [5, 5.41) is 3.06. The average molecular weight is 367 g/mol. The topological polar surface area (TPSA) is 55.4 Å². The van der Waals surface area contributed by atoms with Gasteiger partial charge in [0.2, 0.25) is 5.91 Å². The van der Waals surface area contributed by atoms with Gasteiger partial charge in [-0.1, -0.05) is 0 Å². The highest BCUT2D eigenvalue weighted by molar-refractivity contribution is 6.02. The van der Waals surface area contributed by atoms with Crippen LogP contribution in [0.25, 0.3) is 0 Å². The molecule has 144 valence electrons. The molecule has 5 aliphatic rings. The van der Waals surface area contributed by atoms with Crippen molar-refractivity contribution in [2.24, 2.45) is 23.2 Å². The number of carbonyl (C=O) groups is 2.